The molecule has 1 heterocycles. The lowest BCUT2D eigenvalue weighted by atomic mass is 10.1. The SMILES string of the molecule is CCOC(=O)c1ccccc1N1CCN(S(=O)(=O)N(C)C)CC1. The van der Waals surface area contributed by atoms with Gasteiger partial charge in [-0.25, -0.2) is 4.79 Å². The summed E-state index contributed by atoms with van der Waals surface area (Å²) in [7, 11) is -0.341. The molecule has 1 saturated heterocycles. The third-order valence-electron chi connectivity index (χ3n) is 3.77. The Morgan fingerprint density at radius 2 is 1.78 bits per heavy atom. The Balaban J connectivity index is 2.14. The van der Waals surface area contributed by atoms with Gasteiger partial charge < -0.3 is 9.64 Å². The Hall–Kier alpha value is -1.64. The van der Waals surface area contributed by atoms with Crippen molar-refractivity contribution in [2.24, 2.45) is 0 Å². The zero-order valence-corrected chi connectivity index (χ0v) is 14.5. The van der Waals surface area contributed by atoms with Crippen molar-refractivity contribution in [3.05, 3.63) is 29.8 Å². The lowest BCUT2D eigenvalue weighted by molar-refractivity contribution is 0.0527. The summed E-state index contributed by atoms with van der Waals surface area (Å²) in [5.74, 6) is -0.355. The molecular formula is C15H23N3O4S. The molecule has 0 atom stereocenters. The zero-order valence-electron chi connectivity index (χ0n) is 13.7. The maximum atomic E-state index is 12.1. The second kappa shape index (κ2) is 7.29. The molecule has 0 bridgehead atoms. The number of anilines is 1. The van der Waals surface area contributed by atoms with E-state index in [1.165, 1.54) is 22.7 Å². The third-order valence-corrected chi connectivity index (χ3v) is 5.71. The summed E-state index contributed by atoms with van der Waals surface area (Å²) in [6.45, 7) is 3.93. The number of hydrogen-bond donors (Lipinski definition) is 0. The van der Waals surface area contributed by atoms with Crippen LogP contribution in [0.4, 0.5) is 5.69 Å². The van der Waals surface area contributed by atoms with Gasteiger partial charge in [-0.2, -0.15) is 17.0 Å². The number of benzene rings is 1. The number of carbonyl (C=O) groups is 1. The van der Waals surface area contributed by atoms with Crippen molar-refractivity contribution in [2.75, 3.05) is 51.8 Å². The molecule has 0 radical (unpaired) electrons. The van der Waals surface area contributed by atoms with E-state index in [9.17, 15) is 13.2 Å². The molecule has 1 aliphatic heterocycles. The quantitative estimate of drug-likeness (QED) is 0.741. The van der Waals surface area contributed by atoms with Crippen LogP contribution in [0.5, 0.6) is 0 Å². The summed E-state index contributed by atoms with van der Waals surface area (Å²) in [6, 6.07) is 7.25. The highest BCUT2D eigenvalue weighted by atomic mass is 32.2. The molecule has 0 aliphatic carbocycles. The monoisotopic (exact) mass is 341 g/mol. The second-order valence-corrected chi connectivity index (χ2v) is 7.56. The predicted molar refractivity (Wildman–Crippen MR) is 88.8 cm³/mol. The summed E-state index contributed by atoms with van der Waals surface area (Å²) in [5.41, 5.74) is 1.30. The summed E-state index contributed by atoms with van der Waals surface area (Å²) in [6.07, 6.45) is 0. The van der Waals surface area contributed by atoms with Gasteiger partial charge in [-0.05, 0) is 19.1 Å². The van der Waals surface area contributed by atoms with Gasteiger partial charge in [-0.15, -0.1) is 0 Å². The van der Waals surface area contributed by atoms with E-state index >= 15 is 0 Å². The first kappa shape index (κ1) is 17.7. The summed E-state index contributed by atoms with van der Waals surface area (Å²) >= 11 is 0. The van der Waals surface area contributed by atoms with Gasteiger partial charge in [-0.1, -0.05) is 12.1 Å². The Kier molecular flexibility index (Phi) is 5.61. The maximum absolute atomic E-state index is 12.1. The minimum absolute atomic E-state index is 0.321. The van der Waals surface area contributed by atoms with Crippen molar-refractivity contribution in [3.63, 3.8) is 0 Å². The largest absolute Gasteiger partial charge is 0.462 e. The van der Waals surface area contributed by atoms with Crippen molar-refractivity contribution in [2.45, 2.75) is 6.92 Å². The molecule has 1 fully saturated rings. The van der Waals surface area contributed by atoms with Crippen molar-refractivity contribution in [1.82, 2.24) is 8.61 Å². The normalized spacial score (nSPS) is 16.6. The fourth-order valence-electron chi connectivity index (χ4n) is 2.52. The Labute approximate surface area is 137 Å². The minimum Gasteiger partial charge on any atom is -0.462 e. The molecule has 0 spiro atoms. The highest BCUT2D eigenvalue weighted by Crippen LogP contribution is 2.23. The van der Waals surface area contributed by atoms with E-state index < -0.39 is 10.2 Å². The van der Waals surface area contributed by atoms with E-state index in [4.69, 9.17) is 4.74 Å². The fourth-order valence-corrected chi connectivity index (χ4v) is 3.61. The van der Waals surface area contributed by atoms with Crippen molar-refractivity contribution in [3.8, 4) is 0 Å². The van der Waals surface area contributed by atoms with Crippen LogP contribution in [0.25, 0.3) is 0 Å². The molecule has 0 unspecified atom stereocenters. The molecule has 1 aromatic carbocycles. The van der Waals surface area contributed by atoms with Gasteiger partial charge in [0.05, 0.1) is 17.9 Å². The van der Waals surface area contributed by atoms with Crippen LogP contribution in [0.15, 0.2) is 24.3 Å². The molecule has 8 heteroatoms. The number of carbonyl (C=O) groups excluding carboxylic acids is 1. The van der Waals surface area contributed by atoms with Crippen LogP contribution in [0, 0.1) is 0 Å². The van der Waals surface area contributed by atoms with Gasteiger partial charge in [-0.3, -0.25) is 0 Å². The predicted octanol–water partition coefficient (Wildman–Crippen LogP) is 0.792. The number of hydrogen-bond acceptors (Lipinski definition) is 5. The number of esters is 1. The van der Waals surface area contributed by atoms with E-state index in [1.807, 2.05) is 17.0 Å². The van der Waals surface area contributed by atoms with Crippen LogP contribution >= 0.6 is 0 Å². The topological polar surface area (TPSA) is 70.2 Å². The van der Waals surface area contributed by atoms with Crippen LogP contribution in [0.3, 0.4) is 0 Å². The molecule has 0 N–H and O–H groups in total. The van der Waals surface area contributed by atoms with Crippen LogP contribution in [-0.4, -0.2) is 69.9 Å². The Bertz CT molecular complexity index is 652. The highest BCUT2D eigenvalue weighted by molar-refractivity contribution is 7.86. The molecule has 0 aromatic heterocycles. The van der Waals surface area contributed by atoms with E-state index in [1.54, 1.807) is 19.1 Å². The molecule has 2 rings (SSSR count). The average Bonchev–Trinajstić information content (AvgIpc) is 2.55. The minimum atomic E-state index is -3.39. The third kappa shape index (κ3) is 3.82. The first-order chi connectivity index (χ1) is 10.9. The van der Waals surface area contributed by atoms with E-state index in [0.717, 1.165) is 5.69 Å². The van der Waals surface area contributed by atoms with Gasteiger partial charge in [0.25, 0.3) is 10.2 Å². The van der Waals surface area contributed by atoms with E-state index in [2.05, 4.69) is 0 Å². The van der Waals surface area contributed by atoms with Gasteiger partial charge in [0.1, 0.15) is 0 Å². The lowest BCUT2D eigenvalue weighted by Gasteiger charge is -2.36. The molecular weight excluding hydrogens is 318 g/mol. The highest BCUT2D eigenvalue weighted by Gasteiger charge is 2.29. The molecule has 1 aliphatic rings. The van der Waals surface area contributed by atoms with E-state index in [-0.39, 0.29) is 5.97 Å². The zero-order chi connectivity index (χ0) is 17.0. The number of rotatable bonds is 5. The van der Waals surface area contributed by atoms with Crippen molar-refractivity contribution in [1.29, 1.82) is 0 Å². The standard InChI is InChI=1S/C15H23N3O4S/c1-4-22-15(19)13-7-5-6-8-14(13)17-9-11-18(12-10-17)23(20,21)16(2)3/h5-8H,4,9-12H2,1-3H3. The van der Waals surface area contributed by atoms with Crippen LogP contribution in [0.1, 0.15) is 17.3 Å². The van der Waals surface area contributed by atoms with Crippen molar-refractivity contribution >= 4 is 21.9 Å². The molecule has 7 nitrogen and oxygen atoms in total. The summed E-state index contributed by atoms with van der Waals surface area (Å²) in [5, 5.41) is 0. The smallest absolute Gasteiger partial charge is 0.340 e. The fraction of sp³-hybridized carbons (Fsp3) is 0.533. The number of ether oxygens (including phenoxy) is 1. The average molecular weight is 341 g/mol. The molecule has 1 aromatic rings. The lowest BCUT2D eigenvalue weighted by Crippen LogP contribution is -2.52. The molecule has 0 saturated carbocycles. The first-order valence-corrected chi connectivity index (χ1v) is 8.96. The van der Waals surface area contributed by atoms with Gasteiger partial charge in [0.2, 0.25) is 0 Å². The summed E-state index contributed by atoms with van der Waals surface area (Å²) < 4.78 is 32.1. The number of nitrogens with zero attached hydrogens (tertiary/aromatic N) is 3. The van der Waals surface area contributed by atoms with E-state index in [0.29, 0.717) is 38.3 Å². The van der Waals surface area contributed by atoms with Gasteiger partial charge in [0.15, 0.2) is 0 Å². The molecule has 23 heavy (non-hydrogen) atoms. The second-order valence-electron chi connectivity index (χ2n) is 5.41. The van der Waals surface area contributed by atoms with Gasteiger partial charge in [0, 0.05) is 40.3 Å². The number of para-hydroxylation sites is 1. The Morgan fingerprint density at radius 1 is 1.17 bits per heavy atom. The molecule has 0 amide bonds. The van der Waals surface area contributed by atoms with Crippen molar-refractivity contribution < 1.29 is 17.9 Å². The number of piperazine rings is 1. The van der Waals surface area contributed by atoms with Crippen LogP contribution in [-0.2, 0) is 14.9 Å². The molecule has 128 valence electrons. The maximum Gasteiger partial charge on any atom is 0.340 e. The van der Waals surface area contributed by atoms with Crippen LogP contribution < -0.4 is 4.90 Å². The van der Waals surface area contributed by atoms with Crippen LogP contribution in [0.2, 0.25) is 0 Å². The Morgan fingerprint density at radius 3 is 2.35 bits per heavy atom. The first-order valence-electron chi connectivity index (χ1n) is 7.56. The van der Waals surface area contributed by atoms with Gasteiger partial charge >= 0.3 is 5.97 Å². The summed E-state index contributed by atoms with van der Waals surface area (Å²) in [4.78, 5) is 14.1.